The maximum Gasteiger partial charge on any atom is -0.0382 e. The van der Waals surface area contributed by atoms with Crippen molar-refractivity contribution in [1.29, 1.82) is 0 Å². The lowest BCUT2D eigenvalue weighted by molar-refractivity contribution is 0.624. The zero-order valence-corrected chi connectivity index (χ0v) is 16.8. The standard InChI is InChI=1S/C8H18.C7H16.C4H8.C2H6.CH4/c1-3-5-7-8-6-4-2;1-3-5-7-6-4-2;1-3-4-2;1-2;/h3-8H2,1-2H3;3-7H2,1-2H3;3H,1,4H2,2H3;1-2H3;1H4. The van der Waals surface area contributed by atoms with Gasteiger partial charge in [-0.25, -0.2) is 0 Å². The normalized spacial score (nSPS) is 7.95. The lowest BCUT2D eigenvalue weighted by Gasteiger charge is -1.93. The summed E-state index contributed by atoms with van der Waals surface area (Å²) in [6.45, 7) is 18.5. The van der Waals surface area contributed by atoms with Gasteiger partial charge in [0.25, 0.3) is 0 Å². The van der Waals surface area contributed by atoms with Crippen molar-refractivity contribution in [3.05, 3.63) is 12.7 Å². The molecule has 0 rings (SSSR count). The third-order valence-corrected chi connectivity index (χ3v) is 2.95. The first kappa shape index (κ1) is 33.4. The molecule has 0 spiro atoms. The van der Waals surface area contributed by atoms with Crippen LogP contribution in [-0.4, -0.2) is 0 Å². The van der Waals surface area contributed by atoms with Crippen LogP contribution < -0.4 is 0 Å². The van der Waals surface area contributed by atoms with Gasteiger partial charge in [0.1, 0.15) is 0 Å². The minimum atomic E-state index is 0. The van der Waals surface area contributed by atoms with Crippen molar-refractivity contribution in [3.63, 3.8) is 0 Å². The first-order valence-corrected chi connectivity index (χ1v) is 9.85. The molecule has 0 aromatic carbocycles. The molecule has 0 heterocycles. The molecule has 0 amide bonds. The second kappa shape index (κ2) is 49.8. The molecule has 0 saturated heterocycles. The fraction of sp³-hybridized carbons (Fsp3) is 0.909. The third kappa shape index (κ3) is 73.1. The van der Waals surface area contributed by atoms with Gasteiger partial charge in [-0.1, -0.05) is 133 Å². The van der Waals surface area contributed by atoms with E-state index in [2.05, 4.69) is 41.2 Å². The van der Waals surface area contributed by atoms with Crippen molar-refractivity contribution in [1.82, 2.24) is 0 Å². The highest BCUT2D eigenvalue weighted by Crippen LogP contribution is 2.03. The number of unbranched alkanes of at least 4 members (excludes halogenated alkanes) is 9. The van der Waals surface area contributed by atoms with Gasteiger partial charge in [0, 0.05) is 0 Å². The minimum absolute atomic E-state index is 0. The van der Waals surface area contributed by atoms with Crippen LogP contribution in [0.4, 0.5) is 0 Å². The first-order chi connectivity index (χ1) is 10.2. The van der Waals surface area contributed by atoms with Crippen LogP contribution in [0.25, 0.3) is 0 Å². The van der Waals surface area contributed by atoms with Gasteiger partial charge in [0.2, 0.25) is 0 Å². The highest BCUT2D eigenvalue weighted by molar-refractivity contribution is 4.60. The van der Waals surface area contributed by atoms with Gasteiger partial charge in [-0.15, -0.1) is 6.58 Å². The molecule has 0 radical (unpaired) electrons. The summed E-state index contributed by atoms with van der Waals surface area (Å²) in [6.07, 6.45) is 18.5. The van der Waals surface area contributed by atoms with Crippen LogP contribution in [0.15, 0.2) is 12.7 Å². The van der Waals surface area contributed by atoms with Crippen LogP contribution in [0.5, 0.6) is 0 Å². The highest BCUT2D eigenvalue weighted by atomic mass is 13.9. The largest absolute Gasteiger partial charge is 0.103 e. The average Bonchev–Trinajstić information content (AvgIpc) is 2.55. The van der Waals surface area contributed by atoms with Gasteiger partial charge in [-0.05, 0) is 6.42 Å². The molecular weight excluding hydrogens is 264 g/mol. The fourth-order valence-corrected chi connectivity index (χ4v) is 1.53. The lowest BCUT2D eigenvalue weighted by Crippen LogP contribution is -1.73. The minimum Gasteiger partial charge on any atom is -0.103 e. The Morgan fingerprint density at radius 3 is 0.864 bits per heavy atom. The van der Waals surface area contributed by atoms with Crippen molar-refractivity contribution in [3.8, 4) is 0 Å². The molecule has 22 heavy (non-hydrogen) atoms. The van der Waals surface area contributed by atoms with E-state index >= 15 is 0 Å². The zero-order valence-electron chi connectivity index (χ0n) is 16.8. The summed E-state index contributed by atoms with van der Waals surface area (Å²) in [7, 11) is 0. The molecule has 0 bridgehead atoms. The van der Waals surface area contributed by atoms with Gasteiger partial charge in [0.05, 0.1) is 0 Å². The molecule has 0 fully saturated rings. The zero-order chi connectivity index (χ0) is 17.2. The SMILES string of the molecule is C.C=CCC.CC.CCCCCCC.CCCCCCCC. The summed E-state index contributed by atoms with van der Waals surface area (Å²) >= 11 is 0. The second-order valence-corrected chi connectivity index (χ2v) is 5.17. The van der Waals surface area contributed by atoms with Crippen molar-refractivity contribution >= 4 is 0 Å². The van der Waals surface area contributed by atoms with Gasteiger partial charge >= 0.3 is 0 Å². The predicted octanol–water partition coefficient (Wildman–Crippen LogP) is 9.59. The monoisotopic (exact) mass is 316 g/mol. The van der Waals surface area contributed by atoms with Gasteiger partial charge in [0.15, 0.2) is 0 Å². The Hall–Kier alpha value is -0.260. The Morgan fingerprint density at radius 2 is 0.727 bits per heavy atom. The molecule has 0 unspecified atom stereocenters. The summed E-state index contributed by atoms with van der Waals surface area (Å²) < 4.78 is 0. The van der Waals surface area contributed by atoms with E-state index in [9.17, 15) is 0 Å². The number of hydrogen-bond acceptors (Lipinski definition) is 0. The summed E-state index contributed by atoms with van der Waals surface area (Å²) in [5.41, 5.74) is 0. The van der Waals surface area contributed by atoms with E-state index in [1.807, 2.05) is 19.9 Å². The van der Waals surface area contributed by atoms with Crippen LogP contribution in [-0.2, 0) is 0 Å². The van der Waals surface area contributed by atoms with E-state index in [1.165, 1.54) is 70.6 Å². The van der Waals surface area contributed by atoms with Crippen LogP contribution in [0.1, 0.15) is 133 Å². The Bertz CT molecular complexity index is 105. The van der Waals surface area contributed by atoms with E-state index in [0.717, 1.165) is 6.42 Å². The van der Waals surface area contributed by atoms with Crippen LogP contribution in [0.3, 0.4) is 0 Å². The molecule has 0 atom stereocenters. The maximum absolute atomic E-state index is 3.48. The Kier molecular flexibility index (Phi) is 75.5. The smallest absolute Gasteiger partial charge is 0.0382 e. The second-order valence-electron chi connectivity index (χ2n) is 5.17. The average molecular weight is 317 g/mol. The summed E-state index contributed by atoms with van der Waals surface area (Å²) in [4.78, 5) is 0. The van der Waals surface area contributed by atoms with E-state index in [1.54, 1.807) is 0 Å². The molecule has 0 aliphatic heterocycles. The van der Waals surface area contributed by atoms with Crippen molar-refractivity contribution in [2.75, 3.05) is 0 Å². The van der Waals surface area contributed by atoms with E-state index in [-0.39, 0.29) is 7.43 Å². The molecule has 140 valence electrons. The van der Waals surface area contributed by atoms with E-state index in [0.29, 0.717) is 0 Å². The van der Waals surface area contributed by atoms with Gasteiger partial charge < -0.3 is 0 Å². The molecule has 0 heteroatoms. The Labute approximate surface area is 146 Å². The lowest BCUT2D eigenvalue weighted by atomic mass is 10.1. The predicted molar refractivity (Wildman–Crippen MR) is 112 cm³/mol. The summed E-state index contributed by atoms with van der Waals surface area (Å²) in [5.74, 6) is 0. The van der Waals surface area contributed by atoms with Gasteiger partial charge in [-0.3, -0.25) is 0 Å². The van der Waals surface area contributed by atoms with Crippen molar-refractivity contribution in [2.45, 2.75) is 133 Å². The highest BCUT2D eigenvalue weighted by Gasteiger charge is 1.83. The molecular formula is C22H52. The van der Waals surface area contributed by atoms with Gasteiger partial charge in [-0.2, -0.15) is 0 Å². The quantitative estimate of drug-likeness (QED) is 0.278. The van der Waals surface area contributed by atoms with Crippen LogP contribution in [0, 0.1) is 0 Å². The first-order valence-electron chi connectivity index (χ1n) is 9.85. The topological polar surface area (TPSA) is 0 Å². The van der Waals surface area contributed by atoms with Crippen molar-refractivity contribution < 1.29 is 0 Å². The molecule has 0 saturated carbocycles. The fourth-order valence-electron chi connectivity index (χ4n) is 1.53. The van der Waals surface area contributed by atoms with Crippen molar-refractivity contribution in [2.24, 2.45) is 0 Å². The third-order valence-electron chi connectivity index (χ3n) is 2.95. The molecule has 0 nitrogen and oxygen atoms in total. The number of rotatable bonds is 10. The summed E-state index contributed by atoms with van der Waals surface area (Å²) in [6, 6.07) is 0. The molecule has 0 N–H and O–H groups in total. The molecule has 0 aromatic rings. The van der Waals surface area contributed by atoms with E-state index in [4.69, 9.17) is 0 Å². The van der Waals surface area contributed by atoms with Crippen LogP contribution >= 0.6 is 0 Å². The molecule has 0 aromatic heterocycles. The van der Waals surface area contributed by atoms with E-state index < -0.39 is 0 Å². The number of allylic oxidation sites excluding steroid dienone is 1. The Balaban J connectivity index is -0.0000000633. The molecule has 0 aliphatic carbocycles. The number of hydrogen-bond donors (Lipinski definition) is 0. The van der Waals surface area contributed by atoms with Crippen LogP contribution in [0.2, 0.25) is 0 Å². The maximum atomic E-state index is 3.48. The molecule has 0 aliphatic rings. The Morgan fingerprint density at radius 1 is 0.545 bits per heavy atom. The summed E-state index contributed by atoms with van der Waals surface area (Å²) in [5, 5.41) is 0.